The Hall–Kier alpha value is -1.16. The minimum Gasteiger partial charge on any atom is -0.481 e. The van der Waals surface area contributed by atoms with Gasteiger partial charge in [0.15, 0.2) is 6.10 Å². The number of rotatable bonds is 8. The Labute approximate surface area is 144 Å². The molecular formula is C19H29NO2S. The standard InChI is InChI=1S/C19H29NO2S/c1-14(2)17-10-6-7-11-18(17)22-15(3)19(21)20-12-13-23-16-8-4-5-9-16/h6-7,10-11,14-16H,4-5,8-9,12-13H2,1-3H3,(H,20,21)/t15-/m0/s1. The van der Waals surface area contributed by atoms with Gasteiger partial charge in [-0.05, 0) is 37.3 Å². The van der Waals surface area contributed by atoms with Gasteiger partial charge in [0, 0.05) is 17.5 Å². The summed E-state index contributed by atoms with van der Waals surface area (Å²) in [5.74, 6) is 2.15. The maximum Gasteiger partial charge on any atom is 0.260 e. The Morgan fingerprint density at radius 2 is 1.96 bits per heavy atom. The highest BCUT2D eigenvalue weighted by Gasteiger charge is 2.18. The molecule has 1 aliphatic rings. The van der Waals surface area contributed by atoms with E-state index in [2.05, 4.69) is 25.2 Å². The predicted octanol–water partition coefficient (Wildman–Crippen LogP) is 4.37. The average molecular weight is 336 g/mol. The van der Waals surface area contributed by atoms with Crippen molar-refractivity contribution >= 4 is 17.7 Å². The van der Waals surface area contributed by atoms with Crippen LogP contribution >= 0.6 is 11.8 Å². The molecule has 0 radical (unpaired) electrons. The molecule has 3 nitrogen and oxygen atoms in total. The van der Waals surface area contributed by atoms with Crippen LogP contribution in [-0.4, -0.2) is 29.6 Å². The fourth-order valence-corrected chi connectivity index (χ4v) is 4.13. The van der Waals surface area contributed by atoms with Crippen LogP contribution in [0, 0.1) is 0 Å². The number of hydrogen-bond acceptors (Lipinski definition) is 3. The van der Waals surface area contributed by atoms with E-state index in [0.29, 0.717) is 5.92 Å². The fourth-order valence-electron chi connectivity index (χ4n) is 2.91. The summed E-state index contributed by atoms with van der Waals surface area (Å²) in [6.07, 6.45) is 4.94. The summed E-state index contributed by atoms with van der Waals surface area (Å²) in [6.45, 7) is 6.80. The topological polar surface area (TPSA) is 38.3 Å². The molecule has 1 aliphatic carbocycles. The maximum atomic E-state index is 12.2. The van der Waals surface area contributed by atoms with E-state index in [1.54, 1.807) is 0 Å². The summed E-state index contributed by atoms with van der Waals surface area (Å²) in [4.78, 5) is 12.2. The molecule has 0 heterocycles. The molecule has 0 aromatic heterocycles. The van der Waals surface area contributed by atoms with Crippen molar-refractivity contribution in [2.24, 2.45) is 0 Å². The summed E-state index contributed by atoms with van der Waals surface area (Å²) in [5, 5.41) is 3.79. The third-order valence-electron chi connectivity index (χ3n) is 4.27. The Kier molecular flexibility index (Phi) is 7.28. The minimum absolute atomic E-state index is 0.0319. The number of ether oxygens (including phenoxy) is 1. The van der Waals surface area contributed by atoms with Gasteiger partial charge in [0.2, 0.25) is 0 Å². The molecule has 1 aromatic carbocycles. The average Bonchev–Trinajstić information content (AvgIpc) is 3.05. The van der Waals surface area contributed by atoms with Crippen LogP contribution in [0.3, 0.4) is 0 Å². The van der Waals surface area contributed by atoms with Crippen LogP contribution in [0.15, 0.2) is 24.3 Å². The molecule has 0 unspecified atom stereocenters. The van der Waals surface area contributed by atoms with Crippen LogP contribution < -0.4 is 10.1 Å². The molecule has 23 heavy (non-hydrogen) atoms. The van der Waals surface area contributed by atoms with E-state index in [1.165, 1.54) is 25.7 Å². The van der Waals surface area contributed by atoms with Crippen molar-refractivity contribution in [3.8, 4) is 5.75 Å². The largest absolute Gasteiger partial charge is 0.481 e. The third kappa shape index (κ3) is 5.76. The van der Waals surface area contributed by atoms with E-state index in [1.807, 2.05) is 36.9 Å². The first-order valence-corrected chi connectivity index (χ1v) is 9.77. The number of hydrogen-bond donors (Lipinski definition) is 1. The second kappa shape index (κ2) is 9.21. The highest BCUT2D eigenvalue weighted by atomic mass is 32.2. The lowest BCUT2D eigenvalue weighted by atomic mass is 10.0. The van der Waals surface area contributed by atoms with Crippen LogP contribution in [0.25, 0.3) is 0 Å². The van der Waals surface area contributed by atoms with E-state index < -0.39 is 6.10 Å². The zero-order valence-electron chi connectivity index (χ0n) is 14.5. The molecule has 4 heteroatoms. The molecule has 2 rings (SSSR count). The van der Waals surface area contributed by atoms with Gasteiger partial charge in [-0.15, -0.1) is 0 Å². The zero-order chi connectivity index (χ0) is 16.7. The number of para-hydroxylation sites is 1. The molecular weight excluding hydrogens is 306 g/mol. The molecule has 1 amide bonds. The monoisotopic (exact) mass is 335 g/mol. The summed E-state index contributed by atoms with van der Waals surface area (Å²) in [7, 11) is 0. The lowest BCUT2D eigenvalue weighted by Crippen LogP contribution is -2.37. The van der Waals surface area contributed by atoms with Gasteiger partial charge in [-0.3, -0.25) is 4.79 Å². The molecule has 1 aromatic rings. The molecule has 0 bridgehead atoms. The van der Waals surface area contributed by atoms with Gasteiger partial charge >= 0.3 is 0 Å². The quantitative estimate of drug-likeness (QED) is 0.717. The molecule has 128 valence electrons. The number of benzene rings is 1. The van der Waals surface area contributed by atoms with Gasteiger partial charge in [0.1, 0.15) is 5.75 Å². The molecule has 1 N–H and O–H groups in total. The van der Waals surface area contributed by atoms with Crippen molar-refractivity contribution in [2.75, 3.05) is 12.3 Å². The smallest absolute Gasteiger partial charge is 0.260 e. The first-order chi connectivity index (χ1) is 11.1. The Morgan fingerprint density at radius 1 is 1.26 bits per heavy atom. The third-order valence-corrected chi connectivity index (χ3v) is 5.65. The van der Waals surface area contributed by atoms with Gasteiger partial charge in [0.25, 0.3) is 5.91 Å². The van der Waals surface area contributed by atoms with E-state index in [0.717, 1.165) is 28.9 Å². The maximum absolute atomic E-state index is 12.2. The van der Waals surface area contributed by atoms with E-state index in [9.17, 15) is 4.79 Å². The van der Waals surface area contributed by atoms with Crippen molar-refractivity contribution in [1.82, 2.24) is 5.32 Å². The van der Waals surface area contributed by atoms with Crippen LogP contribution in [0.1, 0.15) is 57.9 Å². The first kappa shape index (κ1) is 18.2. The summed E-state index contributed by atoms with van der Waals surface area (Å²) < 4.78 is 5.88. The normalized spacial score (nSPS) is 16.5. The lowest BCUT2D eigenvalue weighted by molar-refractivity contribution is -0.127. The molecule has 0 spiro atoms. The van der Waals surface area contributed by atoms with E-state index in [4.69, 9.17) is 4.74 Å². The fraction of sp³-hybridized carbons (Fsp3) is 0.632. The first-order valence-electron chi connectivity index (χ1n) is 8.73. The predicted molar refractivity (Wildman–Crippen MR) is 98.3 cm³/mol. The Balaban J connectivity index is 1.74. The number of carbonyl (C=O) groups excluding carboxylic acids is 1. The van der Waals surface area contributed by atoms with Gasteiger partial charge in [0.05, 0.1) is 0 Å². The molecule has 1 atom stereocenters. The van der Waals surface area contributed by atoms with Gasteiger partial charge in [-0.2, -0.15) is 11.8 Å². The van der Waals surface area contributed by atoms with Gasteiger partial charge < -0.3 is 10.1 Å². The van der Waals surface area contributed by atoms with Gasteiger partial charge in [-0.25, -0.2) is 0 Å². The van der Waals surface area contributed by atoms with Crippen molar-refractivity contribution < 1.29 is 9.53 Å². The second-order valence-corrected chi connectivity index (χ2v) is 7.93. The van der Waals surface area contributed by atoms with E-state index in [-0.39, 0.29) is 5.91 Å². The number of thioether (sulfide) groups is 1. The molecule has 0 saturated heterocycles. The van der Waals surface area contributed by atoms with Crippen LogP contribution in [-0.2, 0) is 4.79 Å². The summed E-state index contributed by atoms with van der Waals surface area (Å²) in [6, 6.07) is 7.95. The molecule has 1 saturated carbocycles. The SMILES string of the molecule is CC(C)c1ccccc1O[C@@H](C)C(=O)NCCSC1CCCC1. The lowest BCUT2D eigenvalue weighted by Gasteiger charge is -2.19. The van der Waals surface area contributed by atoms with Gasteiger partial charge in [-0.1, -0.05) is 44.9 Å². The highest BCUT2D eigenvalue weighted by molar-refractivity contribution is 7.99. The molecule has 1 fully saturated rings. The zero-order valence-corrected chi connectivity index (χ0v) is 15.3. The van der Waals surface area contributed by atoms with Crippen LogP contribution in [0.5, 0.6) is 5.75 Å². The number of carbonyl (C=O) groups is 1. The minimum atomic E-state index is -0.466. The van der Waals surface area contributed by atoms with Crippen molar-refractivity contribution in [2.45, 2.75) is 63.7 Å². The van der Waals surface area contributed by atoms with Crippen LogP contribution in [0.2, 0.25) is 0 Å². The number of nitrogens with one attached hydrogen (secondary N) is 1. The second-order valence-electron chi connectivity index (χ2n) is 6.52. The Bertz CT molecular complexity index is 498. The van der Waals surface area contributed by atoms with Crippen molar-refractivity contribution in [1.29, 1.82) is 0 Å². The summed E-state index contributed by atoms with van der Waals surface area (Å²) in [5.41, 5.74) is 1.14. The van der Waals surface area contributed by atoms with Crippen molar-refractivity contribution in [3.05, 3.63) is 29.8 Å². The van der Waals surface area contributed by atoms with Crippen molar-refractivity contribution in [3.63, 3.8) is 0 Å². The molecule has 0 aliphatic heterocycles. The summed E-state index contributed by atoms with van der Waals surface area (Å²) >= 11 is 1.99. The Morgan fingerprint density at radius 3 is 2.65 bits per heavy atom. The van der Waals surface area contributed by atoms with Crippen LogP contribution in [0.4, 0.5) is 0 Å². The highest BCUT2D eigenvalue weighted by Crippen LogP contribution is 2.29. The van der Waals surface area contributed by atoms with E-state index >= 15 is 0 Å². The number of amides is 1.